The number of fused-ring (bicyclic) bond motifs is 2. The van der Waals surface area contributed by atoms with Gasteiger partial charge in [-0.1, -0.05) is 25.4 Å². The van der Waals surface area contributed by atoms with Gasteiger partial charge >= 0.3 is 0 Å². The minimum Gasteiger partial charge on any atom is -0.471 e. The number of pyridine rings is 1. The lowest BCUT2D eigenvalue weighted by Crippen LogP contribution is -2.59. The van der Waals surface area contributed by atoms with Crippen LogP contribution in [0.15, 0.2) is 18.2 Å². The molecule has 2 aromatic heterocycles. The molecule has 3 aliphatic rings. The molecule has 3 aliphatic heterocycles. The van der Waals surface area contributed by atoms with Crippen molar-refractivity contribution in [3.8, 4) is 11.9 Å². The molecule has 0 bridgehead atoms. The van der Waals surface area contributed by atoms with Gasteiger partial charge in [0, 0.05) is 5.56 Å². The summed E-state index contributed by atoms with van der Waals surface area (Å²) in [4.78, 5) is 23.8. The summed E-state index contributed by atoms with van der Waals surface area (Å²) in [6.45, 7) is 6.28. The molecule has 1 aromatic carbocycles. The fourth-order valence-corrected chi connectivity index (χ4v) is 4.77. The number of nitrogens with one attached hydrogen (secondary N) is 2. The van der Waals surface area contributed by atoms with Crippen LogP contribution >= 0.6 is 11.6 Å². The zero-order chi connectivity index (χ0) is 28.6. The number of halogens is 3. The molecule has 0 aliphatic carbocycles. The Morgan fingerprint density at radius 2 is 1.88 bits per heavy atom. The highest BCUT2D eigenvalue weighted by atomic mass is 35.5. The summed E-state index contributed by atoms with van der Waals surface area (Å²) in [6.07, 6.45) is -2.07. The normalized spacial score (nSPS) is 24.6. The van der Waals surface area contributed by atoms with Gasteiger partial charge in [-0.3, -0.25) is 4.79 Å². The topological polar surface area (TPSA) is 137 Å². The van der Waals surface area contributed by atoms with Crippen LogP contribution in [0.5, 0.6) is 11.9 Å². The second kappa shape index (κ2) is 11.4. The quantitative estimate of drug-likeness (QED) is 0.384. The van der Waals surface area contributed by atoms with Crippen molar-refractivity contribution in [1.29, 1.82) is 0 Å². The number of aromatic nitrogens is 3. The standard InChI is InChI=1S/C24H23ClF2N4O7.C2H6/c1-24(8-34-9-24)31-21(33)10-2-13(26)11(14(27)3-10)5-37-22-12(25)4-15-20(29-22)30-23(28-15)38-17-7-36-18-16(32)6-35-19(17)18;1-2/h2-4,16-19,32H,5-9H2,1H3,(H,31,33)(H,28,29,30);1-2H3/t16-,17-,18?,19-;/m1./s1. The second-order valence-electron chi connectivity index (χ2n) is 9.72. The van der Waals surface area contributed by atoms with Crippen LogP contribution in [0, 0.1) is 11.6 Å². The number of amides is 1. The van der Waals surface area contributed by atoms with Gasteiger partial charge in [0.1, 0.15) is 41.6 Å². The summed E-state index contributed by atoms with van der Waals surface area (Å²) < 4.78 is 57.0. The Morgan fingerprint density at radius 3 is 2.55 bits per heavy atom. The van der Waals surface area contributed by atoms with E-state index in [1.54, 1.807) is 6.92 Å². The van der Waals surface area contributed by atoms with Crippen molar-refractivity contribution < 1.29 is 42.4 Å². The van der Waals surface area contributed by atoms with Crippen molar-refractivity contribution in [3.63, 3.8) is 0 Å². The number of H-pyrrole nitrogens is 1. The highest BCUT2D eigenvalue weighted by Gasteiger charge is 2.48. The van der Waals surface area contributed by atoms with E-state index in [1.807, 2.05) is 13.8 Å². The SMILES string of the molecule is CC.CC1(NC(=O)c2cc(F)c(COc3nc4nc(O[C@@H]5COC6[C@H](O)CO[C@@H]65)[nH]c4cc3Cl)c(F)c2)COC1. The summed E-state index contributed by atoms with van der Waals surface area (Å²) in [5.74, 6) is -2.60. The number of imidazole rings is 1. The predicted molar refractivity (Wildman–Crippen MR) is 138 cm³/mol. The number of nitrogens with zero attached hydrogens (tertiary/aromatic N) is 2. The molecule has 3 N–H and O–H groups in total. The molecular weight excluding hydrogens is 554 g/mol. The molecule has 3 fully saturated rings. The average Bonchev–Trinajstić information content (AvgIpc) is 3.60. The number of benzene rings is 1. The molecule has 0 saturated carbocycles. The van der Waals surface area contributed by atoms with Crippen molar-refractivity contribution in [1.82, 2.24) is 20.3 Å². The van der Waals surface area contributed by atoms with Crippen molar-refractivity contribution in [3.05, 3.63) is 46.0 Å². The number of hydrogen-bond acceptors (Lipinski definition) is 9. The molecule has 11 nitrogen and oxygen atoms in total. The van der Waals surface area contributed by atoms with Crippen LogP contribution in [0.25, 0.3) is 11.2 Å². The summed E-state index contributed by atoms with van der Waals surface area (Å²) in [5.41, 5.74) is -0.472. The predicted octanol–water partition coefficient (Wildman–Crippen LogP) is 2.92. The van der Waals surface area contributed by atoms with Crippen LogP contribution in [-0.4, -0.2) is 82.3 Å². The van der Waals surface area contributed by atoms with Gasteiger partial charge in [-0.2, -0.15) is 9.97 Å². The number of ether oxygens (including phenoxy) is 5. The fraction of sp³-hybridized carbons (Fsp3) is 0.500. The zero-order valence-electron chi connectivity index (χ0n) is 22.0. The number of aromatic amines is 1. The molecule has 0 radical (unpaired) electrons. The lowest BCUT2D eigenvalue weighted by molar-refractivity contribution is -0.0593. The molecule has 1 amide bonds. The average molecular weight is 583 g/mol. The van der Waals surface area contributed by atoms with Crippen LogP contribution < -0.4 is 14.8 Å². The van der Waals surface area contributed by atoms with E-state index in [0.717, 1.165) is 12.1 Å². The summed E-state index contributed by atoms with van der Waals surface area (Å²) in [7, 11) is 0. The number of aliphatic hydroxyl groups excluding tert-OH is 1. The fourth-order valence-electron chi connectivity index (χ4n) is 4.56. The van der Waals surface area contributed by atoms with Crippen molar-refractivity contribution in [2.75, 3.05) is 26.4 Å². The first-order chi connectivity index (χ1) is 19.2. The molecule has 6 rings (SSSR count). The van der Waals surface area contributed by atoms with Crippen LogP contribution in [0.1, 0.15) is 36.7 Å². The van der Waals surface area contributed by atoms with Crippen molar-refractivity contribution >= 4 is 28.7 Å². The Kier molecular flexibility index (Phi) is 8.11. The Hall–Kier alpha value is -3.10. The summed E-state index contributed by atoms with van der Waals surface area (Å²) >= 11 is 6.27. The van der Waals surface area contributed by atoms with Gasteiger partial charge in [-0.25, -0.2) is 8.78 Å². The molecule has 1 unspecified atom stereocenters. The van der Waals surface area contributed by atoms with E-state index >= 15 is 0 Å². The molecule has 216 valence electrons. The number of hydrogen-bond donors (Lipinski definition) is 3. The van der Waals surface area contributed by atoms with E-state index in [2.05, 4.69) is 20.3 Å². The zero-order valence-corrected chi connectivity index (χ0v) is 22.8. The van der Waals surface area contributed by atoms with Crippen LogP contribution in [-0.2, 0) is 20.8 Å². The van der Waals surface area contributed by atoms with Gasteiger partial charge in [0.2, 0.25) is 5.88 Å². The second-order valence-corrected chi connectivity index (χ2v) is 10.1. The molecule has 4 atom stereocenters. The molecule has 3 aromatic rings. The number of carbonyl (C=O) groups is 1. The Morgan fingerprint density at radius 1 is 1.18 bits per heavy atom. The lowest BCUT2D eigenvalue weighted by atomic mass is 9.99. The minimum atomic E-state index is -0.950. The third-order valence-corrected chi connectivity index (χ3v) is 6.90. The Balaban J connectivity index is 0.00000158. The van der Waals surface area contributed by atoms with Gasteiger partial charge in [0.05, 0.1) is 43.0 Å². The van der Waals surface area contributed by atoms with Crippen molar-refractivity contribution in [2.45, 2.75) is 57.3 Å². The number of carbonyl (C=O) groups excluding carboxylic acids is 1. The van der Waals surface area contributed by atoms with Crippen LogP contribution in [0.3, 0.4) is 0 Å². The van der Waals surface area contributed by atoms with E-state index in [4.69, 9.17) is 35.3 Å². The van der Waals surface area contributed by atoms with Crippen LogP contribution in [0.4, 0.5) is 8.78 Å². The van der Waals surface area contributed by atoms with Gasteiger partial charge in [0.15, 0.2) is 11.8 Å². The summed E-state index contributed by atoms with van der Waals surface area (Å²) in [5, 5.41) is 12.7. The van der Waals surface area contributed by atoms with Gasteiger partial charge in [-0.05, 0) is 25.1 Å². The summed E-state index contributed by atoms with van der Waals surface area (Å²) in [6, 6.07) is 3.52. The third-order valence-electron chi connectivity index (χ3n) is 6.63. The lowest BCUT2D eigenvalue weighted by Gasteiger charge is -2.38. The number of rotatable bonds is 7. The first-order valence-electron chi connectivity index (χ1n) is 12.8. The van der Waals surface area contributed by atoms with E-state index in [0.29, 0.717) is 18.7 Å². The Bertz CT molecular complexity index is 1380. The smallest absolute Gasteiger partial charge is 0.296 e. The third kappa shape index (κ3) is 5.56. The monoisotopic (exact) mass is 582 g/mol. The first kappa shape index (κ1) is 28.4. The van der Waals surface area contributed by atoms with E-state index < -0.39 is 59.7 Å². The number of aliphatic hydroxyl groups is 1. The maximum absolute atomic E-state index is 14.7. The molecule has 5 heterocycles. The molecular formula is C26H29ClF2N4O7. The van der Waals surface area contributed by atoms with E-state index in [-0.39, 0.29) is 41.3 Å². The van der Waals surface area contributed by atoms with Gasteiger partial charge < -0.3 is 39.1 Å². The maximum Gasteiger partial charge on any atom is 0.296 e. The molecule has 14 heteroatoms. The molecule has 40 heavy (non-hydrogen) atoms. The highest BCUT2D eigenvalue weighted by molar-refractivity contribution is 6.32. The van der Waals surface area contributed by atoms with Crippen molar-refractivity contribution in [2.24, 2.45) is 0 Å². The van der Waals surface area contributed by atoms with E-state index in [1.165, 1.54) is 6.07 Å². The largest absolute Gasteiger partial charge is 0.471 e. The minimum absolute atomic E-state index is 0.0759. The highest BCUT2D eigenvalue weighted by Crippen LogP contribution is 2.32. The van der Waals surface area contributed by atoms with E-state index in [9.17, 15) is 18.7 Å². The first-order valence-corrected chi connectivity index (χ1v) is 13.2. The Labute approximate surface area is 233 Å². The molecule has 0 spiro atoms. The maximum atomic E-state index is 14.7. The molecule has 3 saturated heterocycles. The van der Waals surface area contributed by atoms with Gasteiger partial charge in [0.25, 0.3) is 11.9 Å². The van der Waals surface area contributed by atoms with Gasteiger partial charge in [-0.15, -0.1) is 0 Å². The van der Waals surface area contributed by atoms with Crippen LogP contribution in [0.2, 0.25) is 5.02 Å².